The average Bonchev–Trinajstić information content (AvgIpc) is 2.75. The fourth-order valence-corrected chi connectivity index (χ4v) is 3.73. The van der Waals surface area contributed by atoms with Crippen molar-refractivity contribution in [2.24, 2.45) is 0 Å². The minimum atomic E-state index is -0.191. The highest BCUT2D eigenvalue weighted by Crippen LogP contribution is 2.30. The van der Waals surface area contributed by atoms with Crippen LogP contribution in [-0.2, 0) is 0 Å². The number of ether oxygens (including phenoxy) is 2. The number of methoxy groups -OCH3 is 2. The van der Waals surface area contributed by atoms with Crippen LogP contribution in [-0.4, -0.2) is 62.0 Å². The summed E-state index contributed by atoms with van der Waals surface area (Å²) in [5.41, 5.74) is 1.69. The lowest BCUT2D eigenvalue weighted by atomic mass is 10.1. The maximum absolute atomic E-state index is 13.0. The molecular formula is C21H22Cl2N2O4. The Hall–Kier alpha value is -2.44. The molecule has 0 atom stereocenters. The Bertz CT molecular complexity index is 915. The van der Waals surface area contributed by atoms with Gasteiger partial charge in [0.25, 0.3) is 11.8 Å². The number of nitrogens with zero attached hydrogens (tertiary/aromatic N) is 2. The molecule has 0 N–H and O–H groups in total. The van der Waals surface area contributed by atoms with Gasteiger partial charge in [-0.3, -0.25) is 9.59 Å². The van der Waals surface area contributed by atoms with Crippen molar-refractivity contribution in [1.82, 2.24) is 9.80 Å². The highest BCUT2D eigenvalue weighted by Gasteiger charge is 2.27. The zero-order valence-corrected chi connectivity index (χ0v) is 18.0. The quantitative estimate of drug-likeness (QED) is 0.728. The molecule has 0 radical (unpaired) electrons. The van der Waals surface area contributed by atoms with Crippen LogP contribution >= 0.6 is 23.2 Å². The lowest BCUT2D eigenvalue weighted by Crippen LogP contribution is -2.50. The zero-order valence-electron chi connectivity index (χ0n) is 16.5. The van der Waals surface area contributed by atoms with Gasteiger partial charge in [0.05, 0.1) is 29.8 Å². The van der Waals surface area contributed by atoms with E-state index in [2.05, 4.69) is 0 Å². The molecule has 1 aliphatic rings. The van der Waals surface area contributed by atoms with Crippen LogP contribution in [0.15, 0.2) is 30.3 Å². The molecule has 8 heteroatoms. The smallest absolute Gasteiger partial charge is 0.255 e. The summed E-state index contributed by atoms with van der Waals surface area (Å²) in [6.45, 7) is 3.53. The Morgan fingerprint density at radius 2 is 1.41 bits per heavy atom. The second-order valence-corrected chi connectivity index (χ2v) is 7.48. The first kappa shape index (κ1) is 21.3. The molecule has 1 fully saturated rings. The molecule has 2 aromatic carbocycles. The van der Waals surface area contributed by atoms with Gasteiger partial charge in [-0.2, -0.15) is 0 Å². The number of amides is 2. The SMILES string of the molecule is COc1cc(C(=O)N2CCN(C(=O)c3cccc(Cl)c3Cl)CC2)cc(OC)c1C. The number of carbonyl (C=O) groups is 2. The first-order chi connectivity index (χ1) is 13.9. The van der Waals surface area contributed by atoms with Crippen LogP contribution in [0.3, 0.4) is 0 Å². The van der Waals surface area contributed by atoms with Gasteiger partial charge in [0, 0.05) is 37.3 Å². The van der Waals surface area contributed by atoms with Gasteiger partial charge >= 0.3 is 0 Å². The van der Waals surface area contributed by atoms with Gasteiger partial charge in [0.1, 0.15) is 11.5 Å². The van der Waals surface area contributed by atoms with Gasteiger partial charge < -0.3 is 19.3 Å². The van der Waals surface area contributed by atoms with E-state index < -0.39 is 0 Å². The second kappa shape index (κ2) is 8.93. The van der Waals surface area contributed by atoms with Crippen molar-refractivity contribution >= 4 is 35.0 Å². The van der Waals surface area contributed by atoms with E-state index in [1.54, 1.807) is 54.4 Å². The Kier molecular flexibility index (Phi) is 6.55. The number of halogens is 2. The third kappa shape index (κ3) is 4.28. The number of benzene rings is 2. The monoisotopic (exact) mass is 436 g/mol. The predicted molar refractivity (Wildman–Crippen MR) is 113 cm³/mol. The van der Waals surface area contributed by atoms with E-state index in [4.69, 9.17) is 32.7 Å². The normalized spacial score (nSPS) is 14.0. The van der Waals surface area contributed by atoms with Crippen LogP contribution in [0.4, 0.5) is 0 Å². The van der Waals surface area contributed by atoms with Crippen molar-refractivity contribution in [1.29, 1.82) is 0 Å². The molecule has 3 rings (SSSR count). The van der Waals surface area contributed by atoms with E-state index in [1.807, 2.05) is 6.92 Å². The third-order valence-corrected chi connectivity index (χ3v) is 5.85. The number of hydrogen-bond donors (Lipinski definition) is 0. The van der Waals surface area contributed by atoms with Gasteiger partial charge in [0.15, 0.2) is 0 Å². The second-order valence-electron chi connectivity index (χ2n) is 6.69. The predicted octanol–water partition coefficient (Wildman–Crippen LogP) is 3.92. The van der Waals surface area contributed by atoms with Crippen LogP contribution in [0.5, 0.6) is 11.5 Å². The molecule has 1 heterocycles. The zero-order chi connectivity index (χ0) is 21.1. The van der Waals surface area contributed by atoms with Crippen molar-refractivity contribution in [3.63, 3.8) is 0 Å². The van der Waals surface area contributed by atoms with Crippen molar-refractivity contribution in [2.75, 3.05) is 40.4 Å². The lowest BCUT2D eigenvalue weighted by Gasteiger charge is -2.35. The van der Waals surface area contributed by atoms with Gasteiger partial charge in [-0.1, -0.05) is 29.3 Å². The van der Waals surface area contributed by atoms with Crippen LogP contribution < -0.4 is 9.47 Å². The molecule has 0 bridgehead atoms. The molecule has 0 spiro atoms. The number of piperazine rings is 1. The molecule has 154 valence electrons. The highest BCUT2D eigenvalue weighted by molar-refractivity contribution is 6.43. The fraction of sp³-hybridized carbons (Fsp3) is 0.333. The van der Waals surface area contributed by atoms with E-state index in [-0.39, 0.29) is 16.8 Å². The average molecular weight is 437 g/mol. The molecule has 6 nitrogen and oxygen atoms in total. The van der Waals surface area contributed by atoms with Crippen LogP contribution in [0, 0.1) is 6.92 Å². The maximum Gasteiger partial charge on any atom is 0.255 e. The van der Waals surface area contributed by atoms with E-state index in [9.17, 15) is 9.59 Å². The summed E-state index contributed by atoms with van der Waals surface area (Å²) >= 11 is 12.2. The first-order valence-corrected chi connectivity index (χ1v) is 9.88. The van der Waals surface area contributed by atoms with Crippen molar-refractivity contribution in [2.45, 2.75) is 6.92 Å². The Morgan fingerprint density at radius 1 is 0.897 bits per heavy atom. The van der Waals surface area contributed by atoms with Gasteiger partial charge in [-0.05, 0) is 31.2 Å². The lowest BCUT2D eigenvalue weighted by molar-refractivity contribution is 0.0535. The molecule has 0 aromatic heterocycles. The van der Waals surface area contributed by atoms with Gasteiger partial charge in [0.2, 0.25) is 0 Å². The first-order valence-electron chi connectivity index (χ1n) is 9.12. The standard InChI is InChI=1S/C21H22Cl2N2O4/c1-13-17(28-2)11-14(12-18(13)29-3)20(26)24-7-9-25(10-8-24)21(27)15-5-4-6-16(22)19(15)23/h4-6,11-12H,7-10H2,1-3H3. The maximum atomic E-state index is 13.0. The molecule has 0 aliphatic carbocycles. The Labute approximate surface area is 179 Å². The summed E-state index contributed by atoms with van der Waals surface area (Å²) in [4.78, 5) is 29.1. The summed E-state index contributed by atoms with van der Waals surface area (Å²) in [5, 5.41) is 0.588. The third-order valence-electron chi connectivity index (χ3n) is 5.04. The summed E-state index contributed by atoms with van der Waals surface area (Å²) in [6, 6.07) is 8.41. The summed E-state index contributed by atoms with van der Waals surface area (Å²) in [5.74, 6) is 0.868. The Morgan fingerprint density at radius 3 is 1.93 bits per heavy atom. The van der Waals surface area contributed by atoms with Crippen LogP contribution in [0.1, 0.15) is 26.3 Å². The van der Waals surface area contributed by atoms with E-state index in [1.165, 1.54) is 0 Å². The van der Waals surface area contributed by atoms with Crippen molar-refractivity contribution in [3.8, 4) is 11.5 Å². The fourth-order valence-electron chi connectivity index (χ4n) is 3.34. The van der Waals surface area contributed by atoms with Crippen molar-refractivity contribution < 1.29 is 19.1 Å². The van der Waals surface area contributed by atoms with Crippen molar-refractivity contribution in [3.05, 3.63) is 57.1 Å². The van der Waals surface area contributed by atoms with E-state index in [0.717, 1.165) is 5.56 Å². The largest absolute Gasteiger partial charge is 0.496 e. The minimum Gasteiger partial charge on any atom is -0.496 e. The molecule has 2 amide bonds. The molecule has 0 saturated carbocycles. The number of hydrogen-bond acceptors (Lipinski definition) is 4. The topological polar surface area (TPSA) is 59.1 Å². The van der Waals surface area contributed by atoms with Crippen LogP contribution in [0.2, 0.25) is 10.0 Å². The molecule has 1 saturated heterocycles. The molecule has 1 aliphatic heterocycles. The molecule has 29 heavy (non-hydrogen) atoms. The number of rotatable bonds is 4. The molecule has 0 unspecified atom stereocenters. The number of carbonyl (C=O) groups excluding carboxylic acids is 2. The van der Waals surface area contributed by atoms with Gasteiger partial charge in [-0.15, -0.1) is 0 Å². The highest BCUT2D eigenvalue weighted by atomic mass is 35.5. The molecular weight excluding hydrogens is 415 g/mol. The van der Waals surface area contributed by atoms with Crippen LogP contribution in [0.25, 0.3) is 0 Å². The van der Waals surface area contributed by atoms with E-state index in [0.29, 0.717) is 53.8 Å². The van der Waals surface area contributed by atoms with E-state index >= 15 is 0 Å². The van der Waals surface area contributed by atoms with Gasteiger partial charge in [-0.25, -0.2) is 0 Å². The summed E-state index contributed by atoms with van der Waals surface area (Å²) in [6.07, 6.45) is 0. The Balaban J connectivity index is 1.71. The minimum absolute atomic E-state index is 0.130. The molecule has 2 aromatic rings. The summed E-state index contributed by atoms with van der Waals surface area (Å²) in [7, 11) is 3.11. The summed E-state index contributed by atoms with van der Waals surface area (Å²) < 4.78 is 10.7.